The van der Waals surface area contributed by atoms with Crippen LogP contribution in [0.15, 0.2) is 47.8 Å². The fraction of sp³-hybridized carbons (Fsp3) is 0.227. The average molecular weight is 410 g/mol. The lowest BCUT2D eigenvalue weighted by molar-refractivity contribution is -0.142. The number of hydrogen-bond acceptors (Lipinski definition) is 6. The number of carbonyl (C=O) groups is 2. The maximum Gasteiger partial charge on any atom is 0.311 e. The number of ether oxygens (including phenoxy) is 1. The maximum atomic E-state index is 12.8. The third kappa shape index (κ3) is 5.20. The fourth-order valence-corrected chi connectivity index (χ4v) is 3.50. The van der Waals surface area contributed by atoms with Crippen LogP contribution >= 0.6 is 11.3 Å². The summed E-state index contributed by atoms with van der Waals surface area (Å²) in [7, 11) is 0. The first-order valence-electron chi connectivity index (χ1n) is 9.31. The predicted octanol–water partition coefficient (Wildman–Crippen LogP) is 4.86. The molecule has 29 heavy (non-hydrogen) atoms. The fourth-order valence-electron chi connectivity index (χ4n) is 2.79. The monoisotopic (exact) mass is 409 g/mol. The minimum absolute atomic E-state index is 0.0883. The largest absolute Gasteiger partial charge is 0.466 e. The molecule has 0 unspecified atom stereocenters. The molecular formula is C22H23N3O3S. The van der Waals surface area contributed by atoms with Crippen molar-refractivity contribution in [3.63, 3.8) is 0 Å². The van der Waals surface area contributed by atoms with Gasteiger partial charge in [-0.25, -0.2) is 4.98 Å². The number of aryl methyl sites for hydroxylation is 1. The Morgan fingerprint density at radius 1 is 1.07 bits per heavy atom. The van der Waals surface area contributed by atoms with E-state index >= 15 is 0 Å². The van der Waals surface area contributed by atoms with E-state index in [0.29, 0.717) is 28.7 Å². The zero-order valence-corrected chi connectivity index (χ0v) is 17.4. The van der Waals surface area contributed by atoms with Crippen molar-refractivity contribution < 1.29 is 14.3 Å². The number of anilines is 3. The second kappa shape index (κ2) is 9.34. The second-order valence-corrected chi connectivity index (χ2v) is 7.36. The summed E-state index contributed by atoms with van der Waals surface area (Å²) in [5.74, 6) is -0.603. The van der Waals surface area contributed by atoms with Gasteiger partial charge in [-0.1, -0.05) is 24.3 Å². The van der Waals surface area contributed by atoms with Crippen molar-refractivity contribution in [3.8, 4) is 0 Å². The molecule has 0 atom stereocenters. The number of thiazole rings is 1. The van der Waals surface area contributed by atoms with Gasteiger partial charge in [0.05, 0.1) is 30.0 Å². The van der Waals surface area contributed by atoms with E-state index < -0.39 is 0 Å². The lowest BCUT2D eigenvalue weighted by Gasteiger charge is -2.14. The molecule has 0 aliphatic rings. The number of nitrogens with one attached hydrogen (secondary N) is 2. The van der Waals surface area contributed by atoms with Gasteiger partial charge in [-0.05, 0) is 50.1 Å². The molecule has 1 aromatic heterocycles. The molecule has 3 aromatic rings. The highest BCUT2D eigenvalue weighted by Gasteiger charge is 2.15. The van der Waals surface area contributed by atoms with Gasteiger partial charge >= 0.3 is 5.97 Å². The summed E-state index contributed by atoms with van der Waals surface area (Å²) in [5.41, 5.74) is 5.06. The second-order valence-electron chi connectivity index (χ2n) is 6.50. The molecule has 6 nitrogen and oxygen atoms in total. The average Bonchev–Trinajstić information content (AvgIpc) is 3.12. The van der Waals surface area contributed by atoms with E-state index in [2.05, 4.69) is 28.6 Å². The number of para-hydroxylation sites is 1. The molecule has 0 aliphatic carbocycles. The summed E-state index contributed by atoms with van der Waals surface area (Å²) < 4.78 is 4.93. The maximum absolute atomic E-state index is 12.8. The Labute approximate surface area is 173 Å². The Kier molecular flexibility index (Phi) is 6.61. The third-order valence-electron chi connectivity index (χ3n) is 4.45. The summed E-state index contributed by atoms with van der Waals surface area (Å²) in [4.78, 5) is 28.7. The predicted molar refractivity (Wildman–Crippen MR) is 116 cm³/mol. The molecule has 0 saturated carbocycles. The molecule has 3 rings (SSSR count). The van der Waals surface area contributed by atoms with Crippen LogP contribution in [0.3, 0.4) is 0 Å². The van der Waals surface area contributed by atoms with E-state index in [1.165, 1.54) is 16.9 Å². The first kappa shape index (κ1) is 20.5. The highest BCUT2D eigenvalue weighted by Crippen LogP contribution is 2.26. The van der Waals surface area contributed by atoms with E-state index in [1.807, 2.05) is 37.3 Å². The molecule has 2 N–H and O–H groups in total. The molecule has 0 fully saturated rings. The van der Waals surface area contributed by atoms with Crippen molar-refractivity contribution in [1.82, 2.24) is 4.98 Å². The van der Waals surface area contributed by atoms with Gasteiger partial charge in [0, 0.05) is 11.1 Å². The quantitative estimate of drug-likeness (QED) is 0.545. The standard InChI is InChI=1S/C22H23N3O3S/c1-4-28-20(26)12-16-13-29-22(23-16)25-21(27)17-9-5-6-10-19(17)24-18-11-7-8-14(2)15(18)3/h5-11,13,24H,4,12H2,1-3H3,(H,23,25,27). The van der Waals surface area contributed by atoms with Crippen LogP contribution in [0.4, 0.5) is 16.5 Å². The van der Waals surface area contributed by atoms with Gasteiger partial charge < -0.3 is 10.1 Å². The molecule has 0 aliphatic heterocycles. The summed E-state index contributed by atoms with van der Waals surface area (Å²) in [6, 6.07) is 13.3. The molecule has 1 heterocycles. The summed E-state index contributed by atoms with van der Waals surface area (Å²) >= 11 is 1.28. The zero-order valence-electron chi connectivity index (χ0n) is 16.6. The Bertz CT molecular complexity index is 1030. The van der Waals surface area contributed by atoms with Crippen molar-refractivity contribution in [2.75, 3.05) is 17.2 Å². The highest BCUT2D eigenvalue weighted by atomic mass is 32.1. The van der Waals surface area contributed by atoms with E-state index in [-0.39, 0.29) is 18.3 Å². The van der Waals surface area contributed by atoms with Gasteiger partial charge in [-0.2, -0.15) is 0 Å². The Morgan fingerprint density at radius 2 is 1.83 bits per heavy atom. The minimum Gasteiger partial charge on any atom is -0.466 e. The number of benzene rings is 2. The van der Waals surface area contributed by atoms with Crippen LogP contribution in [-0.2, 0) is 16.0 Å². The van der Waals surface area contributed by atoms with Crippen LogP contribution in [-0.4, -0.2) is 23.5 Å². The van der Waals surface area contributed by atoms with Gasteiger partial charge in [0.15, 0.2) is 5.13 Å². The molecule has 0 bridgehead atoms. The smallest absolute Gasteiger partial charge is 0.311 e. The lowest BCUT2D eigenvalue weighted by Crippen LogP contribution is -2.14. The van der Waals surface area contributed by atoms with Gasteiger partial charge in [0.2, 0.25) is 0 Å². The molecule has 0 saturated heterocycles. The highest BCUT2D eigenvalue weighted by molar-refractivity contribution is 7.14. The van der Waals surface area contributed by atoms with Gasteiger partial charge in [-0.3, -0.25) is 14.9 Å². The molecule has 150 valence electrons. The summed E-state index contributed by atoms with van der Waals surface area (Å²) in [6.07, 6.45) is 0.0883. The number of carbonyl (C=O) groups excluding carboxylic acids is 2. The normalized spacial score (nSPS) is 10.4. The van der Waals surface area contributed by atoms with E-state index in [9.17, 15) is 9.59 Å². The summed E-state index contributed by atoms with van der Waals surface area (Å²) in [5, 5.41) is 8.35. The lowest BCUT2D eigenvalue weighted by atomic mass is 10.1. The first-order chi connectivity index (χ1) is 14.0. The van der Waals surface area contributed by atoms with Crippen LogP contribution in [0.5, 0.6) is 0 Å². The Morgan fingerprint density at radius 3 is 2.62 bits per heavy atom. The molecule has 2 aromatic carbocycles. The van der Waals surface area contributed by atoms with Gasteiger partial charge in [0.1, 0.15) is 0 Å². The minimum atomic E-state index is -0.334. The number of aromatic nitrogens is 1. The number of amides is 1. The van der Waals surface area contributed by atoms with Crippen LogP contribution in [0.1, 0.15) is 34.1 Å². The number of rotatable bonds is 7. The Balaban J connectivity index is 1.74. The number of hydrogen-bond donors (Lipinski definition) is 2. The molecule has 1 amide bonds. The van der Waals surface area contributed by atoms with E-state index in [0.717, 1.165) is 11.3 Å². The number of esters is 1. The van der Waals surface area contributed by atoms with Crippen LogP contribution in [0, 0.1) is 13.8 Å². The van der Waals surface area contributed by atoms with Crippen LogP contribution < -0.4 is 10.6 Å². The van der Waals surface area contributed by atoms with Gasteiger partial charge in [0.25, 0.3) is 5.91 Å². The molecule has 7 heteroatoms. The topological polar surface area (TPSA) is 80.3 Å². The van der Waals surface area contributed by atoms with Crippen molar-refractivity contribution in [2.24, 2.45) is 0 Å². The molecule has 0 spiro atoms. The summed E-state index contributed by atoms with van der Waals surface area (Å²) in [6.45, 7) is 6.18. The molecular weight excluding hydrogens is 386 g/mol. The number of nitrogens with zero attached hydrogens (tertiary/aromatic N) is 1. The van der Waals surface area contributed by atoms with E-state index in [4.69, 9.17) is 4.74 Å². The van der Waals surface area contributed by atoms with Crippen LogP contribution in [0.2, 0.25) is 0 Å². The Hall–Kier alpha value is -3.19. The SMILES string of the molecule is CCOC(=O)Cc1csc(NC(=O)c2ccccc2Nc2cccc(C)c2C)n1. The van der Waals surface area contributed by atoms with Crippen molar-refractivity contribution in [2.45, 2.75) is 27.2 Å². The zero-order chi connectivity index (χ0) is 20.8. The molecule has 0 radical (unpaired) electrons. The first-order valence-corrected chi connectivity index (χ1v) is 10.2. The van der Waals surface area contributed by atoms with Crippen LogP contribution in [0.25, 0.3) is 0 Å². The van der Waals surface area contributed by atoms with Crippen molar-refractivity contribution in [1.29, 1.82) is 0 Å². The van der Waals surface area contributed by atoms with Gasteiger partial charge in [-0.15, -0.1) is 11.3 Å². The van der Waals surface area contributed by atoms with Crippen molar-refractivity contribution >= 4 is 39.7 Å². The van der Waals surface area contributed by atoms with E-state index in [1.54, 1.807) is 18.4 Å². The van der Waals surface area contributed by atoms with Crippen molar-refractivity contribution in [3.05, 3.63) is 70.2 Å². The third-order valence-corrected chi connectivity index (χ3v) is 5.26.